The molecule has 0 bridgehead atoms. The highest BCUT2D eigenvalue weighted by Crippen LogP contribution is 2.38. The van der Waals surface area contributed by atoms with E-state index in [0.717, 1.165) is 64.3 Å². The summed E-state index contributed by atoms with van der Waals surface area (Å²) in [5.74, 6) is -0.663. The number of nitrogens with two attached hydrogens (primary N) is 1. The number of hydrogen-bond acceptors (Lipinski definition) is 4. The molecular weight excluding hydrogens is 444 g/mol. The minimum Gasteiger partial charge on any atom is -0.365 e. The summed E-state index contributed by atoms with van der Waals surface area (Å²) in [4.78, 5) is 31.6. The van der Waals surface area contributed by atoms with E-state index in [4.69, 9.17) is 10.7 Å². The number of thiophene rings is 1. The van der Waals surface area contributed by atoms with Crippen LogP contribution in [0, 0.1) is 20.8 Å². The van der Waals surface area contributed by atoms with E-state index in [1.807, 2.05) is 29.7 Å². The van der Waals surface area contributed by atoms with Gasteiger partial charge in [-0.2, -0.15) is 0 Å². The second kappa shape index (κ2) is 8.72. The van der Waals surface area contributed by atoms with Crippen molar-refractivity contribution in [2.75, 3.05) is 5.32 Å². The predicted octanol–water partition coefficient (Wildman–Crippen LogP) is 5.15. The molecule has 0 radical (unpaired) electrons. The number of benzene rings is 1. The first-order chi connectivity index (χ1) is 16.3. The normalized spacial score (nSPS) is 13.1. The number of carbonyl (C=O) groups is 2. The van der Waals surface area contributed by atoms with Crippen molar-refractivity contribution in [3.63, 3.8) is 0 Å². The number of carbonyl (C=O) groups excluding carboxylic acids is 2. The molecule has 0 saturated carbocycles. The van der Waals surface area contributed by atoms with Gasteiger partial charge in [-0.15, -0.1) is 11.3 Å². The molecular formula is C27H28N4O2S. The molecule has 3 heterocycles. The topological polar surface area (TPSA) is 89.5 Å². The number of fused-ring (bicyclic) bond motifs is 2. The molecule has 7 heteroatoms. The summed E-state index contributed by atoms with van der Waals surface area (Å²) >= 11 is 1.49. The van der Waals surface area contributed by atoms with Crippen molar-refractivity contribution in [3.05, 3.63) is 74.9 Å². The van der Waals surface area contributed by atoms with E-state index in [2.05, 4.69) is 37.4 Å². The average molecular weight is 473 g/mol. The molecule has 5 rings (SSSR count). The average Bonchev–Trinajstić information content (AvgIpc) is 3.33. The third-order valence-corrected chi connectivity index (χ3v) is 7.87. The van der Waals surface area contributed by atoms with Gasteiger partial charge in [0.2, 0.25) is 5.91 Å². The highest BCUT2D eigenvalue weighted by atomic mass is 32.1. The molecule has 4 aromatic rings. The van der Waals surface area contributed by atoms with Crippen LogP contribution < -0.4 is 11.1 Å². The first-order valence-electron chi connectivity index (χ1n) is 11.6. The molecule has 3 aromatic heterocycles. The van der Waals surface area contributed by atoms with E-state index in [1.54, 1.807) is 0 Å². The number of amides is 2. The van der Waals surface area contributed by atoms with Gasteiger partial charge in [0, 0.05) is 16.6 Å². The van der Waals surface area contributed by atoms with Crippen molar-refractivity contribution in [1.29, 1.82) is 0 Å². The van der Waals surface area contributed by atoms with Crippen LogP contribution in [0.15, 0.2) is 36.5 Å². The molecule has 1 aliphatic rings. The van der Waals surface area contributed by atoms with Crippen molar-refractivity contribution in [2.24, 2.45) is 5.73 Å². The van der Waals surface area contributed by atoms with Crippen LogP contribution in [0.25, 0.3) is 16.9 Å². The zero-order chi connectivity index (χ0) is 24.0. The lowest BCUT2D eigenvalue weighted by atomic mass is 9.95. The molecule has 34 heavy (non-hydrogen) atoms. The summed E-state index contributed by atoms with van der Waals surface area (Å²) in [6.45, 7) is 6.19. The molecule has 0 atom stereocenters. The van der Waals surface area contributed by atoms with Gasteiger partial charge in [-0.3, -0.25) is 9.59 Å². The summed E-state index contributed by atoms with van der Waals surface area (Å²) in [6.07, 6.45) is 6.00. The summed E-state index contributed by atoms with van der Waals surface area (Å²) in [5.41, 5.74) is 14.1. The van der Waals surface area contributed by atoms with Crippen LogP contribution in [0.4, 0.5) is 5.00 Å². The number of primary amides is 1. The Morgan fingerprint density at radius 1 is 1.09 bits per heavy atom. The monoisotopic (exact) mass is 472 g/mol. The van der Waals surface area contributed by atoms with E-state index in [9.17, 15) is 9.59 Å². The standard InChI is InChI=1S/C27H28N4O2S/c1-15-10-11-31-20(25(29-22(31)12-15)18-9-8-16(2)17(3)13-18)14-23(32)30-27-24(26(28)33)19-6-4-5-7-21(19)34-27/h8-13H,4-7,14H2,1-3H3,(H2,28,33)(H,30,32). The van der Waals surface area contributed by atoms with Gasteiger partial charge in [0.1, 0.15) is 10.6 Å². The third-order valence-electron chi connectivity index (χ3n) is 6.66. The van der Waals surface area contributed by atoms with Crippen molar-refractivity contribution < 1.29 is 9.59 Å². The van der Waals surface area contributed by atoms with Crippen LogP contribution in [0.2, 0.25) is 0 Å². The largest absolute Gasteiger partial charge is 0.365 e. The molecule has 0 aliphatic heterocycles. The first kappa shape index (κ1) is 22.3. The van der Waals surface area contributed by atoms with Crippen LogP contribution >= 0.6 is 11.3 Å². The van der Waals surface area contributed by atoms with Gasteiger partial charge in [0.05, 0.1) is 23.4 Å². The number of aromatic nitrogens is 2. The summed E-state index contributed by atoms with van der Waals surface area (Å²) < 4.78 is 1.98. The SMILES string of the molecule is Cc1ccn2c(CC(=O)Nc3sc4c(c3C(N)=O)CCCC4)c(-c3ccc(C)c(C)c3)nc2c1. The Kier molecular flexibility index (Phi) is 5.73. The molecule has 1 aromatic carbocycles. The number of anilines is 1. The Morgan fingerprint density at radius 3 is 2.65 bits per heavy atom. The van der Waals surface area contributed by atoms with E-state index in [1.165, 1.54) is 22.5 Å². The zero-order valence-electron chi connectivity index (χ0n) is 19.7. The van der Waals surface area contributed by atoms with Crippen LogP contribution in [0.3, 0.4) is 0 Å². The van der Waals surface area contributed by atoms with Gasteiger partial charge in [-0.25, -0.2) is 4.98 Å². The van der Waals surface area contributed by atoms with Crippen LogP contribution in [0.5, 0.6) is 0 Å². The molecule has 1 aliphatic carbocycles. The number of rotatable bonds is 5. The van der Waals surface area contributed by atoms with Crippen molar-refractivity contribution in [1.82, 2.24) is 9.38 Å². The fourth-order valence-corrected chi connectivity index (χ4v) is 6.03. The lowest BCUT2D eigenvalue weighted by Gasteiger charge is -2.11. The Hall–Kier alpha value is -3.45. The number of aryl methyl sites for hydroxylation is 4. The van der Waals surface area contributed by atoms with E-state index < -0.39 is 5.91 Å². The summed E-state index contributed by atoms with van der Waals surface area (Å²) in [5, 5.41) is 3.57. The second-order valence-corrected chi connectivity index (χ2v) is 10.2. The maximum Gasteiger partial charge on any atom is 0.251 e. The van der Waals surface area contributed by atoms with E-state index >= 15 is 0 Å². The fourth-order valence-electron chi connectivity index (χ4n) is 4.72. The Balaban J connectivity index is 1.53. The Labute approximate surface area is 202 Å². The van der Waals surface area contributed by atoms with E-state index in [-0.39, 0.29) is 12.3 Å². The molecule has 0 fully saturated rings. The zero-order valence-corrected chi connectivity index (χ0v) is 20.5. The maximum atomic E-state index is 13.3. The quantitative estimate of drug-likeness (QED) is 0.421. The van der Waals surface area contributed by atoms with Gasteiger partial charge in [-0.05, 0) is 86.9 Å². The van der Waals surface area contributed by atoms with Crippen LogP contribution in [-0.2, 0) is 24.1 Å². The van der Waals surface area contributed by atoms with Crippen LogP contribution in [0.1, 0.15) is 56.0 Å². The van der Waals surface area contributed by atoms with E-state index in [0.29, 0.717) is 10.6 Å². The predicted molar refractivity (Wildman–Crippen MR) is 137 cm³/mol. The summed E-state index contributed by atoms with van der Waals surface area (Å²) in [7, 11) is 0. The molecule has 0 saturated heterocycles. The fraction of sp³-hybridized carbons (Fsp3) is 0.296. The van der Waals surface area contributed by atoms with Gasteiger partial charge in [0.25, 0.3) is 5.91 Å². The lowest BCUT2D eigenvalue weighted by Crippen LogP contribution is -2.20. The number of hydrogen-bond donors (Lipinski definition) is 2. The van der Waals surface area contributed by atoms with Gasteiger partial charge in [0.15, 0.2) is 0 Å². The van der Waals surface area contributed by atoms with Crippen molar-refractivity contribution in [3.8, 4) is 11.3 Å². The molecule has 0 spiro atoms. The number of nitrogens with one attached hydrogen (secondary N) is 1. The third kappa shape index (κ3) is 4.01. The molecule has 6 nitrogen and oxygen atoms in total. The maximum absolute atomic E-state index is 13.3. The first-order valence-corrected chi connectivity index (χ1v) is 12.4. The van der Waals surface area contributed by atoms with Gasteiger partial charge in [-0.1, -0.05) is 12.1 Å². The summed E-state index contributed by atoms with van der Waals surface area (Å²) in [6, 6.07) is 10.3. The minimum atomic E-state index is -0.476. The smallest absolute Gasteiger partial charge is 0.251 e. The number of imidazole rings is 1. The van der Waals surface area contributed by atoms with Gasteiger partial charge >= 0.3 is 0 Å². The number of pyridine rings is 1. The van der Waals surface area contributed by atoms with Gasteiger partial charge < -0.3 is 15.5 Å². The second-order valence-electron chi connectivity index (χ2n) is 9.14. The van der Waals surface area contributed by atoms with Crippen molar-refractivity contribution in [2.45, 2.75) is 52.9 Å². The highest BCUT2D eigenvalue weighted by Gasteiger charge is 2.26. The Morgan fingerprint density at radius 2 is 1.88 bits per heavy atom. The molecule has 2 amide bonds. The van der Waals surface area contributed by atoms with Crippen LogP contribution in [-0.4, -0.2) is 21.2 Å². The van der Waals surface area contributed by atoms with Crippen molar-refractivity contribution >= 4 is 33.8 Å². The molecule has 174 valence electrons. The highest BCUT2D eigenvalue weighted by molar-refractivity contribution is 7.17. The molecule has 3 N–H and O–H groups in total. The number of nitrogens with zero attached hydrogens (tertiary/aromatic N) is 2. The Bertz CT molecular complexity index is 1450. The molecule has 0 unspecified atom stereocenters. The minimum absolute atomic E-state index is 0.132. The lowest BCUT2D eigenvalue weighted by molar-refractivity contribution is -0.115.